The molecule has 0 aliphatic carbocycles. The number of para-hydroxylation sites is 1. The van der Waals surface area contributed by atoms with E-state index in [-0.39, 0.29) is 0 Å². The van der Waals surface area contributed by atoms with Gasteiger partial charge in [-0.15, -0.1) is 11.3 Å². The molecule has 0 saturated heterocycles. The van der Waals surface area contributed by atoms with Gasteiger partial charge >= 0.3 is 0 Å². The molecular weight excluding hydrogens is 302 g/mol. The molecule has 0 N–H and O–H groups in total. The fraction of sp³-hybridized carbons (Fsp3) is 0.417. The largest absolute Gasteiger partial charge is 0.230 e. The maximum atomic E-state index is 4.60. The Kier molecular flexibility index (Phi) is 5.13. The summed E-state index contributed by atoms with van der Waals surface area (Å²) in [5.74, 6) is 1.19. The number of unbranched alkanes of at least 4 members (excludes halogenated alkanes) is 2. The summed E-state index contributed by atoms with van der Waals surface area (Å²) >= 11 is 7.14. The third-order valence-electron chi connectivity index (χ3n) is 2.28. The number of hydrogen-bond donors (Lipinski definition) is 0. The predicted molar refractivity (Wildman–Crippen MR) is 78.0 cm³/mol. The van der Waals surface area contributed by atoms with Crippen LogP contribution in [0.5, 0.6) is 0 Å². The molecule has 86 valence electrons. The van der Waals surface area contributed by atoms with Gasteiger partial charge in [0, 0.05) is 11.1 Å². The highest BCUT2D eigenvalue weighted by atomic mass is 79.9. The minimum atomic E-state index is 1.12. The van der Waals surface area contributed by atoms with Crippen molar-refractivity contribution in [1.82, 2.24) is 4.98 Å². The van der Waals surface area contributed by atoms with Crippen molar-refractivity contribution >= 4 is 49.2 Å². The Morgan fingerprint density at radius 1 is 1.19 bits per heavy atom. The van der Waals surface area contributed by atoms with Crippen molar-refractivity contribution < 1.29 is 0 Å². The Morgan fingerprint density at radius 2 is 2.06 bits per heavy atom. The minimum Gasteiger partial charge on any atom is -0.230 e. The zero-order chi connectivity index (χ0) is 11.2. The number of aromatic nitrogens is 1. The fourth-order valence-electron chi connectivity index (χ4n) is 1.45. The van der Waals surface area contributed by atoms with E-state index < -0.39 is 0 Å². The molecule has 0 saturated carbocycles. The molecule has 2 aromatic rings. The Morgan fingerprint density at radius 3 is 2.88 bits per heavy atom. The molecule has 0 unspecified atom stereocenters. The zero-order valence-electron chi connectivity index (χ0n) is 8.99. The average molecular weight is 316 g/mol. The number of thiazole rings is 1. The topological polar surface area (TPSA) is 12.9 Å². The molecular formula is C12H14BrNS2. The summed E-state index contributed by atoms with van der Waals surface area (Å²) in [4.78, 5) is 4.60. The Bertz CT molecular complexity index is 408. The van der Waals surface area contributed by atoms with Crippen LogP contribution in [0.3, 0.4) is 0 Å². The predicted octanol–water partition coefficient (Wildman–Crippen LogP) is 4.95. The summed E-state index contributed by atoms with van der Waals surface area (Å²) in [7, 11) is 0. The highest BCUT2D eigenvalue weighted by Gasteiger charge is 2.02. The summed E-state index contributed by atoms with van der Waals surface area (Å²) in [6, 6.07) is 8.35. The van der Waals surface area contributed by atoms with E-state index in [1.807, 2.05) is 17.8 Å². The summed E-state index contributed by atoms with van der Waals surface area (Å²) in [5, 5.41) is 1.12. The number of hydrogen-bond acceptors (Lipinski definition) is 3. The molecule has 1 aromatic carbocycles. The van der Waals surface area contributed by atoms with E-state index in [4.69, 9.17) is 0 Å². The van der Waals surface area contributed by atoms with Gasteiger partial charge in [-0.25, -0.2) is 4.98 Å². The fourth-order valence-corrected chi connectivity index (χ4v) is 3.98. The molecule has 0 fully saturated rings. The first-order chi connectivity index (χ1) is 7.90. The van der Waals surface area contributed by atoms with Crippen molar-refractivity contribution in [1.29, 1.82) is 0 Å². The van der Waals surface area contributed by atoms with Crippen LogP contribution >= 0.6 is 39.0 Å². The van der Waals surface area contributed by atoms with Crippen molar-refractivity contribution in [2.45, 2.75) is 23.6 Å². The van der Waals surface area contributed by atoms with Crippen LogP contribution < -0.4 is 0 Å². The van der Waals surface area contributed by atoms with Gasteiger partial charge in [0.25, 0.3) is 0 Å². The van der Waals surface area contributed by atoms with Gasteiger partial charge in [-0.2, -0.15) is 0 Å². The molecule has 2 rings (SSSR count). The quantitative estimate of drug-likeness (QED) is 0.425. The van der Waals surface area contributed by atoms with Gasteiger partial charge in [0.2, 0.25) is 0 Å². The van der Waals surface area contributed by atoms with E-state index in [0.717, 1.165) is 10.8 Å². The SMILES string of the molecule is BrCCCCCSc1nc2ccccc2s1. The normalized spacial score (nSPS) is 11.1. The lowest BCUT2D eigenvalue weighted by atomic mass is 10.3. The molecule has 4 heteroatoms. The molecule has 0 spiro atoms. The number of thioether (sulfide) groups is 1. The summed E-state index contributed by atoms with van der Waals surface area (Å²) in [6.07, 6.45) is 3.87. The second-order valence-electron chi connectivity index (χ2n) is 3.55. The van der Waals surface area contributed by atoms with Crippen LogP contribution in [-0.2, 0) is 0 Å². The van der Waals surface area contributed by atoms with Crippen LogP contribution in [-0.4, -0.2) is 16.1 Å². The lowest BCUT2D eigenvalue weighted by Gasteiger charge is -1.96. The van der Waals surface area contributed by atoms with Gasteiger partial charge in [-0.1, -0.05) is 46.2 Å². The molecule has 0 radical (unpaired) electrons. The third kappa shape index (κ3) is 3.47. The summed E-state index contributed by atoms with van der Waals surface area (Å²) in [5.41, 5.74) is 1.13. The van der Waals surface area contributed by atoms with Crippen LogP contribution in [0.1, 0.15) is 19.3 Å². The van der Waals surface area contributed by atoms with Gasteiger partial charge in [0.1, 0.15) is 0 Å². The maximum absolute atomic E-state index is 4.60. The third-order valence-corrected chi connectivity index (χ3v) is 5.10. The molecule has 0 atom stereocenters. The molecule has 1 nitrogen and oxygen atoms in total. The first-order valence-electron chi connectivity index (χ1n) is 5.44. The van der Waals surface area contributed by atoms with E-state index >= 15 is 0 Å². The van der Waals surface area contributed by atoms with E-state index in [0.29, 0.717) is 0 Å². The van der Waals surface area contributed by atoms with Crippen LogP contribution in [0.4, 0.5) is 0 Å². The van der Waals surface area contributed by atoms with Crippen LogP contribution in [0.15, 0.2) is 28.6 Å². The Balaban J connectivity index is 1.85. The van der Waals surface area contributed by atoms with Crippen LogP contribution in [0, 0.1) is 0 Å². The Hall–Kier alpha value is -0.0600. The summed E-state index contributed by atoms with van der Waals surface area (Å²) in [6.45, 7) is 0. The average Bonchev–Trinajstić information content (AvgIpc) is 2.71. The highest BCUT2D eigenvalue weighted by Crippen LogP contribution is 2.29. The van der Waals surface area contributed by atoms with Gasteiger partial charge < -0.3 is 0 Å². The van der Waals surface area contributed by atoms with Gasteiger partial charge in [-0.05, 0) is 25.0 Å². The number of alkyl halides is 1. The molecule has 1 heterocycles. The molecule has 0 amide bonds. The number of halogens is 1. The van der Waals surface area contributed by atoms with Crippen molar-refractivity contribution in [3.8, 4) is 0 Å². The smallest absolute Gasteiger partial charge is 0.151 e. The van der Waals surface area contributed by atoms with Crippen LogP contribution in [0.25, 0.3) is 10.2 Å². The monoisotopic (exact) mass is 315 g/mol. The van der Waals surface area contributed by atoms with E-state index in [9.17, 15) is 0 Å². The minimum absolute atomic E-state index is 1.12. The Labute approximate surface area is 113 Å². The van der Waals surface area contributed by atoms with Gasteiger partial charge in [-0.3, -0.25) is 0 Å². The van der Waals surface area contributed by atoms with Crippen molar-refractivity contribution in [2.24, 2.45) is 0 Å². The second-order valence-corrected chi connectivity index (χ2v) is 6.71. The molecule has 0 aliphatic heterocycles. The maximum Gasteiger partial charge on any atom is 0.151 e. The van der Waals surface area contributed by atoms with E-state index in [1.165, 1.54) is 34.1 Å². The number of nitrogens with zero attached hydrogens (tertiary/aromatic N) is 1. The van der Waals surface area contributed by atoms with Crippen molar-refractivity contribution in [3.63, 3.8) is 0 Å². The number of benzene rings is 1. The van der Waals surface area contributed by atoms with E-state index in [1.54, 1.807) is 11.3 Å². The van der Waals surface area contributed by atoms with E-state index in [2.05, 4.69) is 39.1 Å². The molecule has 0 aliphatic rings. The summed E-state index contributed by atoms with van der Waals surface area (Å²) < 4.78 is 2.51. The van der Waals surface area contributed by atoms with Gasteiger partial charge in [0.05, 0.1) is 10.2 Å². The lowest BCUT2D eigenvalue weighted by molar-refractivity contribution is 0.788. The van der Waals surface area contributed by atoms with Crippen molar-refractivity contribution in [2.75, 3.05) is 11.1 Å². The van der Waals surface area contributed by atoms with Crippen LogP contribution in [0.2, 0.25) is 0 Å². The highest BCUT2D eigenvalue weighted by molar-refractivity contribution is 9.09. The second kappa shape index (κ2) is 6.62. The van der Waals surface area contributed by atoms with Gasteiger partial charge in [0.15, 0.2) is 4.34 Å². The zero-order valence-corrected chi connectivity index (χ0v) is 12.2. The molecule has 16 heavy (non-hydrogen) atoms. The number of rotatable bonds is 6. The lowest BCUT2D eigenvalue weighted by Crippen LogP contribution is -1.81. The molecule has 1 aromatic heterocycles. The molecule has 0 bridgehead atoms. The first kappa shape index (κ1) is 12.4. The van der Waals surface area contributed by atoms with Crippen molar-refractivity contribution in [3.05, 3.63) is 24.3 Å². The standard InChI is InChI=1S/C12H14BrNS2/c13-8-4-1-5-9-15-12-14-10-6-2-3-7-11(10)16-12/h2-3,6-7H,1,4-5,8-9H2. The first-order valence-corrected chi connectivity index (χ1v) is 8.37. The number of fused-ring (bicyclic) bond motifs is 1.